The minimum absolute atomic E-state index is 0.00488. The standard InChI is InChI=1S/C13H15ClN2O3S/c1-16(2)8-9-19-11-5-6-12(20(14,17)18)13-10(11)4-3-7-15-13/h3-7H,8-9H2,1-2H3. The maximum Gasteiger partial charge on any atom is 0.263 e. The summed E-state index contributed by atoms with van der Waals surface area (Å²) < 4.78 is 28.8. The molecule has 5 nitrogen and oxygen atoms in total. The Kier molecular flexibility index (Phi) is 4.47. The third kappa shape index (κ3) is 3.39. The minimum atomic E-state index is -3.83. The van der Waals surface area contributed by atoms with E-state index >= 15 is 0 Å². The van der Waals surface area contributed by atoms with Crippen molar-refractivity contribution in [2.24, 2.45) is 0 Å². The Balaban J connectivity index is 2.44. The van der Waals surface area contributed by atoms with E-state index in [0.29, 0.717) is 23.3 Å². The molecule has 2 aromatic rings. The van der Waals surface area contributed by atoms with E-state index in [1.165, 1.54) is 12.3 Å². The fourth-order valence-corrected chi connectivity index (χ4v) is 2.78. The summed E-state index contributed by atoms with van der Waals surface area (Å²) in [6, 6.07) is 6.52. The van der Waals surface area contributed by atoms with E-state index in [-0.39, 0.29) is 4.90 Å². The molecule has 0 saturated carbocycles. The van der Waals surface area contributed by atoms with Gasteiger partial charge in [-0.15, -0.1) is 0 Å². The number of pyridine rings is 1. The molecule has 0 aliphatic heterocycles. The van der Waals surface area contributed by atoms with Crippen LogP contribution in [0.3, 0.4) is 0 Å². The molecule has 7 heteroatoms. The molecule has 0 radical (unpaired) electrons. The highest BCUT2D eigenvalue weighted by molar-refractivity contribution is 8.14. The predicted octanol–water partition coefficient (Wildman–Crippen LogP) is 2.10. The van der Waals surface area contributed by atoms with Crippen molar-refractivity contribution in [1.29, 1.82) is 0 Å². The van der Waals surface area contributed by atoms with Gasteiger partial charge in [-0.1, -0.05) is 0 Å². The number of hydrogen-bond acceptors (Lipinski definition) is 5. The van der Waals surface area contributed by atoms with Crippen molar-refractivity contribution >= 4 is 30.6 Å². The monoisotopic (exact) mass is 314 g/mol. The highest BCUT2D eigenvalue weighted by Crippen LogP contribution is 2.31. The largest absolute Gasteiger partial charge is 0.492 e. The number of nitrogens with zero attached hydrogens (tertiary/aromatic N) is 2. The number of halogens is 1. The first-order valence-corrected chi connectivity index (χ1v) is 8.30. The van der Waals surface area contributed by atoms with Crippen LogP contribution >= 0.6 is 10.7 Å². The molecule has 108 valence electrons. The van der Waals surface area contributed by atoms with Crippen LogP contribution in [0.1, 0.15) is 0 Å². The van der Waals surface area contributed by atoms with Crippen molar-refractivity contribution in [1.82, 2.24) is 9.88 Å². The van der Waals surface area contributed by atoms with Gasteiger partial charge in [-0.2, -0.15) is 0 Å². The summed E-state index contributed by atoms with van der Waals surface area (Å²) in [6.07, 6.45) is 1.53. The molecular formula is C13H15ClN2O3S. The molecule has 20 heavy (non-hydrogen) atoms. The molecule has 0 bridgehead atoms. The van der Waals surface area contributed by atoms with Crippen molar-refractivity contribution < 1.29 is 13.2 Å². The lowest BCUT2D eigenvalue weighted by Gasteiger charge is -2.13. The zero-order chi connectivity index (χ0) is 14.8. The fraction of sp³-hybridized carbons (Fsp3) is 0.308. The smallest absolute Gasteiger partial charge is 0.263 e. The number of benzene rings is 1. The van der Waals surface area contributed by atoms with Crippen molar-refractivity contribution in [3.63, 3.8) is 0 Å². The van der Waals surface area contributed by atoms with Gasteiger partial charge in [0, 0.05) is 28.8 Å². The summed E-state index contributed by atoms with van der Waals surface area (Å²) in [6.45, 7) is 1.27. The van der Waals surface area contributed by atoms with Crippen molar-refractivity contribution in [2.45, 2.75) is 4.90 Å². The summed E-state index contributed by atoms with van der Waals surface area (Å²) in [4.78, 5) is 6.09. The van der Waals surface area contributed by atoms with Crippen LogP contribution in [0.25, 0.3) is 10.9 Å². The average Bonchev–Trinajstić information content (AvgIpc) is 2.37. The van der Waals surface area contributed by atoms with Crippen LogP contribution in [0, 0.1) is 0 Å². The first kappa shape index (κ1) is 15.0. The maximum absolute atomic E-state index is 11.5. The normalized spacial score (nSPS) is 12.0. The molecule has 0 unspecified atom stereocenters. The van der Waals surface area contributed by atoms with E-state index in [4.69, 9.17) is 15.4 Å². The van der Waals surface area contributed by atoms with Crippen LogP contribution in [0.2, 0.25) is 0 Å². The molecule has 0 aliphatic carbocycles. The topological polar surface area (TPSA) is 59.5 Å². The fourth-order valence-electron chi connectivity index (χ4n) is 1.78. The summed E-state index contributed by atoms with van der Waals surface area (Å²) >= 11 is 0. The molecule has 0 fully saturated rings. The lowest BCUT2D eigenvalue weighted by molar-refractivity contribution is 0.263. The Morgan fingerprint density at radius 1 is 1.30 bits per heavy atom. The van der Waals surface area contributed by atoms with Crippen LogP contribution in [0.5, 0.6) is 5.75 Å². The van der Waals surface area contributed by atoms with Crippen LogP contribution < -0.4 is 4.74 Å². The van der Waals surface area contributed by atoms with Gasteiger partial charge in [-0.3, -0.25) is 4.98 Å². The van der Waals surface area contributed by atoms with E-state index < -0.39 is 9.05 Å². The van der Waals surface area contributed by atoms with Crippen molar-refractivity contribution in [2.75, 3.05) is 27.2 Å². The quantitative estimate of drug-likeness (QED) is 0.791. The van der Waals surface area contributed by atoms with Crippen molar-refractivity contribution in [3.8, 4) is 5.75 Å². The molecule has 0 atom stereocenters. The molecule has 0 N–H and O–H groups in total. The van der Waals surface area contributed by atoms with Gasteiger partial charge in [0.1, 0.15) is 17.3 Å². The lowest BCUT2D eigenvalue weighted by Crippen LogP contribution is -2.19. The van der Waals surface area contributed by atoms with E-state index in [9.17, 15) is 8.42 Å². The second-order valence-corrected chi connectivity index (χ2v) is 7.09. The number of fused-ring (bicyclic) bond motifs is 1. The molecule has 0 saturated heterocycles. The Morgan fingerprint density at radius 3 is 2.70 bits per heavy atom. The molecule has 1 aromatic heterocycles. The van der Waals surface area contributed by atoms with E-state index in [1.54, 1.807) is 18.2 Å². The Bertz CT molecular complexity index is 717. The summed E-state index contributed by atoms with van der Waals surface area (Å²) in [5.74, 6) is 0.596. The third-order valence-corrected chi connectivity index (χ3v) is 4.10. The molecular weight excluding hydrogens is 300 g/mol. The number of ether oxygens (including phenoxy) is 1. The van der Waals surface area contributed by atoms with E-state index in [0.717, 1.165) is 6.54 Å². The van der Waals surface area contributed by atoms with Crippen LogP contribution in [0.15, 0.2) is 35.4 Å². The summed E-state index contributed by atoms with van der Waals surface area (Å²) in [5, 5.41) is 0.632. The Morgan fingerprint density at radius 2 is 2.05 bits per heavy atom. The lowest BCUT2D eigenvalue weighted by atomic mass is 10.2. The number of likely N-dealkylation sites (N-methyl/N-ethyl adjacent to an activating group) is 1. The van der Waals surface area contributed by atoms with Gasteiger partial charge in [0.2, 0.25) is 0 Å². The van der Waals surface area contributed by atoms with Gasteiger partial charge in [-0.05, 0) is 38.4 Å². The highest BCUT2D eigenvalue weighted by atomic mass is 35.7. The molecule has 0 amide bonds. The van der Waals surface area contributed by atoms with Gasteiger partial charge in [0.05, 0.1) is 5.52 Å². The van der Waals surface area contributed by atoms with Crippen LogP contribution in [-0.2, 0) is 9.05 Å². The van der Waals surface area contributed by atoms with E-state index in [2.05, 4.69) is 4.98 Å². The SMILES string of the molecule is CN(C)CCOc1ccc(S(=O)(=O)Cl)c2ncccc12. The minimum Gasteiger partial charge on any atom is -0.492 e. The summed E-state index contributed by atoms with van der Waals surface area (Å²) in [7, 11) is 5.49. The van der Waals surface area contributed by atoms with Gasteiger partial charge in [-0.25, -0.2) is 8.42 Å². The second-order valence-electron chi connectivity index (χ2n) is 4.55. The molecule has 1 aromatic carbocycles. The second kappa shape index (κ2) is 5.95. The Labute approximate surface area is 122 Å². The van der Waals surface area contributed by atoms with Crippen LogP contribution in [0.4, 0.5) is 0 Å². The zero-order valence-corrected chi connectivity index (χ0v) is 12.8. The molecule has 0 aliphatic rings. The van der Waals surface area contributed by atoms with Gasteiger partial charge in [0.15, 0.2) is 0 Å². The average molecular weight is 315 g/mol. The maximum atomic E-state index is 11.5. The predicted molar refractivity (Wildman–Crippen MR) is 78.8 cm³/mol. The molecule has 1 heterocycles. The van der Waals surface area contributed by atoms with E-state index in [1.807, 2.05) is 19.0 Å². The zero-order valence-electron chi connectivity index (χ0n) is 11.2. The number of hydrogen-bond donors (Lipinski definition) is 0. The van der Waals surface area contributed by atoms with Gasteiger partial charge >= 0.3 is 0 Å². The highest BCUT2D eigenvalue weighted by Gasteiger charge is 2.17. The molecule has 2 rings (SSSR count). The third-order valence-electron chi connectivity index (χ3n) is 2.75. The summed E-state index contributed by atoms with van der Waals surface area (Å²) in [5.41, 5.74) is 0.324. The number of aromatic nitrogens is 1. The number of rotatable bonds is 5. The van der Waals surface area contributed by atoms with Crippen LogP contribution in [-0.4, -0.2) is 45.5 Å². The van der Waals surface area contributed by atoms with Gasteiger partial charge in [0.25, 0.3) is 9.05 Å². The Hall–Kier alpha value is -1.37. The van der Waals surface area contributed by atoms with Crippen molar-refractivity contribution in [3.05, 3.63) is 30.5 Å². The first-order chi connectivity index (χ1) is 9.39. The first-order valence-electron chi connectivity index (χ1n) is 5.99. The van der Waals surface area contributed by atoms with Gasteiger partial charge < -0.3 is 9.64 Å². The molecule has 0 spiro atoms.